The molecule has 100 valence electrons. The maximum Gasteiger partial charge on any atom is 0.185 e. The van der Waals surface area contributed by atoms with Gasteiger partial charge in [-0.15, -0.1) is 11.3 Å². The number of aromatic nitrogens is 3. The summed E-state index contributed by atoms with van der Waals surface area (Å²) in [5.74, 6) is 0. The standard InChI is InChI=1S/C12H14ClN5S/c13-11-8-15-10(7-16-11)9-17-2-4-18(5-3-17)12-14-1-6-19-12/h1,6-8H,2-5,9H2. The minimum absolute atomic E-state index is 0.442. The number of hydrogen-bond donors (Lipinski definition) is 0. The number of hydrogen-bond acceptors (Lipinski definition) is 6. The maximum absolute atomic E-state index is 5.73. The molecule has 0 amide bonds. The Morgan fingerprint density at radius 3 is 2.58 bits per heavy atom. The van der Waals surface area contributed by atoms with E-state index >= 15 is 0 Å². The van der Waals surface area contributed by atoms with Crippen molar-refractivity contribution in [3.05, 3.63) is 34.8 Å². The van der Waals surface area contributed by atoms with Gasteiger partial charge in [-0.3, -0.25) is 9.88 Å². The number of thiazole rings is 1. The van der Waals surface area contributed by atoms with E-state index in [9.17, 15) is 0 Å². The van der Waals surface area contributed by atoms with Gasteiger partial charge in [-0.25, -0.2) is 9.97 Å². The molecule has 2 aromatic rings. The molecule has 0 aliphatic carbocycles. The van der Waals surface area contributed by atoms with Crippen LogP contribution in [0, 0.1) is 0 Å². The fraction of sp³-hybridized carbons (Fsp3) is 0.417. The lowest BCUT2D eigenvalue weighted by atomic mass is 10.3. The van der Waals surface area contributed by atoms with Gasteiger partial charge in [0.25, 0.3) is 0 Å². The molecule has 0 aromatic carbocycles. The van der Waals surface area contributed by atoms with Crippen LogP contribution in [0.25, 0.3) is 0 Å². The van der Waals surface area contributed by atoms with Gasteiger partial charge in [-0.1, -0.05) is 11.6 Å². The predicted molar refractivity (Wildman–Crippen MR) is 76.6 cm³/mol. The van der Waals surface area contributed by atoms with Crippen molar-refractivity contribution in [1.29, 1.82) is 0 Å². The number of rotatable bonds is 3. The molecule has 0 unspecified atom stereocenters. The normalized spacial score (nSPS) is 16.8. The Bertz CT molecular complexity index is 507. The lowest BCUT2D eigenvalue weighted by Crippen LogP contribution is -2.46. The summed E-state index contributed by atoms with van der Waals surface area (Å²) in [7, 11) is 0. The second-order valence-corrected chi connectivity index (χ2v) is 5.67. The van der Waals surface area contributed by atoms with Crippen LogP contribution < -0.4 is 4.90 Å². The summed E-state index contributed by atoms with van der Waals surface area (Å²) in [6, 6.07) is 0. The second-order valence-electron chi connectivity index (χ2n) is 4.41. The summed E-state index contributed by atoms with van der Waals surface area (Å²) >= 11 is 7.43. The number of nitrogens with zero attached hydrogens (tertiary/aromatic N) is 5. The van der Waals surface area contributed by atoms with E-state index in [1.54, 1.807) is 23.7 Å². The van der Waals surface area contributed by atoms with Crippen LogP contribution in [0.4, 0.5) is 5.13 Å². The first-order valence-corrected chi connectivity index (χ1v) is 7.40. The van der Waals surface area contributed by atoms with E-state index in [4.69, 9.17) is 11.6 Å². The molecule has 0 radical (unpaired) electrons. The van der Waals surface area contributed by atoms with Crippen LogP contribution >= 0.6 is 22.9 Å². The molecule has 3 heterocycles. The second kappa shape index (κ2) is 5.81. The molecule has 7 heteroatoms. The van der Waals surface area contributed by atoms with E-state index in [0.717, 1.165) is 43.5 Å². The number of anilines is 1. The van der Waals surface area contributed by atoms with Crippen molar-refractivity contribution in [3.63, 3.8) is 0 Å². The van der Waals surface area contributed by atoms with Gasteiger partial charge < -0.3 is 4.90 Å². The van der Waals surface area contributed by atoms with Crippen LogP contribution in [0.5, 0.6) is 0 Å². The number of halogens is 1. The molecule has 0 saturated carbocycles. The summed E-state index contributed by atoms with van der Waals surface area (Å²) in [5, 5.41) is 3.58. The SMILES string of the molecule is Clc1cnc(CN2CCN(c3nccs3)CC2)cn1. The first-order valence-electron chi connectivity index (χ1n) is 6.14. The van der Waals surface area contributed by atoms with Gasteiger partial charge in [0.15, 0.2) is 5.13 Å². The Morgan fingerprint density at radius 2 is 1.95 bits per heavy atom. The van der Waals surface area contributed by atoms with Crippen LogP contribution in [-0.2, 0) is 6.54 Å². The molecule has 1 saturated heterocycles. The molecule has 0 atom stereocenters. The van der Waals surface area contributed by atoms with Gasteiger partial charge >= 0.3 is 0 Å². The van der Waals surface area contributed by atoms with Gasteiger partial charge in [0.1, 0.15) is 5.15 Å². The Labute approximate surface area is 120 Å². The molecule has 2 aromatic heterocycles. The molecular formula is C12H14ClN5S. The van der Waals surface area contributed by atoms with E-state index in [1.165, 1.54) is 0 Å². The van der Waals surface area contributed by atoms with Crippen molar-refractivity contribution in [2.45, 2.75) is 6.54 Å². The summed E-state index contributed by atoms with van der Waals surface area (Å²) < 4.78 is 0. The Kier molecular flexibility index (Phi) is 3.91. The zero-order valence-corrected chi connectivity index (χ0v) is 11.9. The molecule has 0 bridgehead atoms. The van der Waals surface area contributed by atoms with Gasteiger partial charge in [0.2, 0.25) is 0 Å². The van der Waals surface area contributed by atoms with Crippen molar-refractivity contribution < 1.29 is 0 Å². The van der Waals surface area contributed by atoms with Crippen LogP contribution in [0.2, 0.25) is 5.15 Å². The van der Waals surface area contributed by atoms with Crippen molar-refractivity contribution in [2.24, 2.45) is 0 Å². The fourth-order valence-electron chi connectivity index (χ4n) is 2.12. The summed E-state index contributed by atoms with van der Waals surface area (Å²) in [5.41, 5.74) is 0.965. The first kappa shape index (κ1) is 12.8. The van der Waals surface area contributed by atoms with Crippen molar-refractivity contribution in [3.8, 4) is 0 Å². The Hall–Kier alpha value is -1.24. The zero-order valence-electron chi connectivity index (χ0n) is 10.4. The van der Waals surface area contributed by atoms with Crippen LogP contribution in [0.3, 0.4) is 0 Å². The minimum atomic E-state index is 0.442. The highest BCUT2D eigenvalue weighted by molar-refractivity contribution is 7.13. The summed E-state index contributed by atoms with van der Waals surface area (Å²) in [4.78, 5) is 17.4. The third kappa shape index (κ3) is 3.20. The maximum atomic E-state index is 5.73. The molecule has 1 aliphatic heterocycles. The van der Waals surface area contributed by atoms with Crippen LogP contribution in [0.1, 0.15) is 5.69 Å². The monoisotopic (exact) mass is 295 g/mol. The molecule has 5 nitrogen and oxygen atoms in total. The average molecular weight is 296 g/mol. The number of piperazine rings is 1. The van der Waals surface area contributed by atoms with Crippen molar-refractivity contribution >= 4 is 28.1 Å². The third-order valence-corrected chi connectivity index (χ3v) is 4.15. The average Bonchev–Trinajstić information content (AvgIpc) is 2.96. The zero-order chi connectivity index (χ0) is 13.1. The Balaban J connectivity index is 1.54. The van der Waals surface area contributed by atoms with Gasteiger partial charge in [-0.05, 0) is 0 Å². The lowest BCUT2D eigenvalue weighted by Gasteiger charge is -2.34. The lowest BCUT2D eigenvalue weighted by molar-refractivity contribution is 0.247. The third-order valence-electron chi connectivity index (χ3n) is 3.12. The highest BCUT2D eigenvalue weighted by atomic mass is 35.5. The largest absolute Gasteiger partial charge is 0.346 e. The Morgan fingerprint density at radius 1 is 1.11 bits per heavy atom. The van der Waals surface area contributed by atoms with Gasteiger partial charge in [0, 0.05) is 44.3 Å². The molecule has 19 heavy (non-hydrogen) atoms. The molecule has 3 rings (SSSR count). The molecular weight excluding hydrogens is 282 g/mol. The molecule has 1 aliphatic rings. The first-order chi connectivity index (χ1) is 9.31. The minimum Gasteiger partial charge on any atom is -0.346 e. The van der Waals surface area contributed by atoms with Crippen LogP contribution in [0.15, 0.2) is 24.0 Å². The van der Waals surface area contributed by atoms with Crippen molar-refractivity contribution in [2.75, 3.05) is 31.1 Å². The van der Waals surface area contributed by atoms with E-state index < -0.39 is 0 Å². The predicted octanol–water partition coefficient (Wildman–Crippen LogP) is 1.91. The van der Waals surface area contributed by atoms with E-state index in [-0.39, 0.29) is 0 Å². The van der Waals surface area contributed by atoms with Crippen LogP contribution in [-0.4, -0.2) is 46.0 Å². The molecule has 0 N–H and O–H groups in total. The molecule has 1 fully saturated rings. The summed E-state index contributed by atoms with van der Waals surface area (Å²) in [6.07, 6.45) is 5.20. The van der Waals surface area contributed by atoms with Gasteiger partial charge in [0.05, 0.1) is 18.1 Å². The van der Waals surface area contributed by atoms with E-state index in [1.807, 2.05) is 11.6 Å². The summed E-state index contributed by atoms with van der Waals surface area (Å²) in [6.45, 7) is 4.88. The van der Waals surface area contributed by atoms with Gasteiger partial charge in [-0.2, -0.15) is 0 Å². The smallest absolute Gasteiger partial charge is 0.185 e. The van der Waals surface area contributed by atoms with E-state index in [0.29, 0.717) is 5.15 Å². The molecule has 0 spiro atoms. The van der Waals surface area contributed by atoms with Crippen molar-refractivity contribution in [1.82, 2.24) is 19.9 Å². The quantitative estimate of drug-likeness (QED) is 0.865. The van der Waals surface area contributed by atoms with E-state index in [2.05, 4.69) is 24.8 Å². The fourth-order valence-corrected chi connectivity index (χ4v) is 2.91. The highest BCUT2D eigenvalue weighted by Crippen LogP contribution is 2.19. The topological polar surface area (TPSA) is 45.2 Å². The highest BCUT2D eigenvalue weighted by Gasteiger charge is 2.18.